The normalized spacial score (nSPS) is 39.3. The molecule has 3 aliphatic rings. The number of nitrogens with zero attached hydrogens (tertiary/aromatic N) is 1. The summed E-state index contributed by atoms with van der Waals surface area (Å²) >= 11 is 0. The Kier molecular flexibility index (Phi) is 1.98. The summed E-state index contributed by atoms with van der Waals surface area (Å²) in [5.41, 5.74) is 0. The molecule has 3 rings (SSSR count). The third kappa shape index (κ3) is 1.29. The fourth-order valence-electron chi connectivity index (χ4n) is 2.83. The van der Waals surface area contributed by atoms with E-state index in [9.17, 15) is 8.42 Å². The van der Waals surface area contributed by atoms with Crippen LogP contribution in [-0.4, -0.2) is 43.1 Å². The van der Waals surface area contributed by atoms with E-state index in [0.29, 0.717) is 5.92 Å². The van der Waals surface area contributed by atoms with Crippen LogP contribution < -0.4 is 5.32 Å². The van der Waals surface area contributed by atoms with Crippen LogP contribution in [0.15, 0.2) is 0 Å². The van der Waals surface area contributed by atoms with E-state index in [2.05, 4.69) is 5.32 Å². The minimum absolute atomic E-state index is 0.243. The summed E-state index contributed by atoms with van der Waals surface area (Å²) in [6.45, 7) is 4.47. The van der Waals surface area contributed by atoms with Crippen LogP contribution in [-0.2, 0) is 10.0 Å². The van der Waals surface area contributed by atoms with Gasteiger partial charge in [0.25, 0.3) is 0 Å². The molecule has 0 radical (unpaired) electrons. The molecular weight excluding hydrogens is 212 g/mol. The second-order valence-corrected chi connectivity index (χ2v) is 7.74. The van der Waals surface area contributed by atoms with Gasteiger partial charge in [0.05, 0.1) is 4.75 Å². The molecule has 86 valence electrons. The van der Waals surface area contributed by atoms with E-state index in [1.54, 1.807) is 4.31 Å². The number of rotatable bonds is 2. The number of nitrogens with one attached hydrogen (secondary N) is 1. The van der Waals surface area contributed by atoms with Crippen LogP contribution in [0.4, 0.5) is 0 Å². The van der Waals surface area contributed by atoms with Gasteiger partial charge in [-0.3, -0.25) is 0 Å². The second kappa shape index (κ2) is 2.96. The maximum Gasteiger partial charge on any atom is 0.219 e. The summed E-state index contributed by atoms with van der Waals surface area (Å²) in [4.78, 5) is 0. The van der Waals surface area contributed by atoms with Crippen molar-refractivity contribution in [2.45, 2.75) is 37.0 Å². The van der Waals surface area contributed by atoms with E-state index < -0.39 is 14.8 Å². The van der Waals surface area contributed by atoms with Crippen LogP contribution in [0.1, 0.15) is 26.2 Å². The van der Waals surface area contributed by atoms with Gasteiger partial charge in [-0.1, -0.05) is 0 Å². The highest BCUT2D eigenvalue weighted by molar-refractivity contribution is 7.90. The average Bonchev–Trinajstić information content (AvgIpc) is 2.64. The Labute approximate surface area is 91.1 Å². The van der Waals surface area contributed by atoms with Crippen LogP contribution in [0.2, 0.25) is 0 Å². The lowest BCUT2D eigenvalue weighted by atomic mass is 10.1. The van der Waals surface area contributed by atoms with Crippen molar-refractivity contribution in [1.82, 2.24) is 9.62 Å². The van der Waals surface area contributed by atoms with Gasteiger partial charge in [-0.25, -0.2) is 8.42 Å². The monoisotopic (exact) mass is 230 g/mol. The third-order valence-electron chi connectivity index (χ3n) is 4.28. The summed E-state index contributed by atoms with van der Waals surface area (Å²) in [6.07, 6.45) is 2.72. The Balaban J connectivity index is 1.88. The number of hydrogen-bond donors (Lipinski definition) is 1. The van der Waals surface area contributed by atoms with Crippen molar-refractivity contribution in [2.24, 2.45) is 5.92 Å². The molecule has 0 bridgehead atoms. The Morgan fingerprint density at radius 2 is 2.07 bits per heavy atom. The molecule has 3 fully saturated rings. The zero-order valence-corrected chi connectivity index (χ0v) is 9.89. The summed E-state index contributed by atoms with van der Waals surface area (Å²) in [5.74, 6) is 0.558. The molecule has 2 heterocycles. The third-order valence-corrected chi connectivity index (χ3v) is 7.00. The van der Waals surface area contributed by atoms with Gasteiger partial charge in [0, 0.05) is 19.1 Å². The molecule has 1 saturated carbocycles. The van der Waals surface area contributed by atoms with Gasteiger partial charge >= 0.3 is 0 Å². The van der Waals surface area contributed by atoms with E-state index >= 15 is 0 Å². The van der Waals surface area contributed by atoms with Gasteiger partial charge in [0.15, 0.2) is 0 Å². The lowest BCUT2D eigenvalue weighted by molar-refractivity contribution is 0.376. The Bertz CT molecular complexity index is 375. The van der Waals surface area contributed by atoms with E-state index in [0.717, 1.165) is 38.9 Å². The minimum Gasteiger partial charge on any atom is -0.315 e. The van der Waals surface area contributed by atoms with Crippen molar-refractivity contribution in [1.29, 1.82) is 0 Å². The molecule has 0 spiro atoms. The van der Waals surface area contributed by atoms with E-state index in [1.165, 1.54) is 0 Å². The van der Waals surface area contributed by atoms with Crippen LogP contribution in [0.5, 0.6) is 0 Å². The first kappa shape index (κ1) is 10.1. The molecule has 0 aromatic rings. The lowest BCUT2D eigenvalue weighted by Crippen LogP contribution is -2.44. The van der Waals surface area contributed by atoms with Crippen LogP contribution in [0.25, 0.3) is 0 Å². The molecule has 0 unspecified atom stereocenters. The Morgan fingerprint density at radius 3 is 2.73 bits per heavy atom. The Hall–Kier alpha value is -0.130. The highest BCUT2D eigenvalue weighted by Gasteiger charge is 2.56. The zero-order valence-electron chi connectivity index (χ0n) is 9.07. The Morgan fingerprint density at radius 1 is 1.33 bits per heavy atom. The first-order chi connectivity index (χ1) is 7.05. The molecule has 4 nitrogen and oxygen atoms in total. The van der Waals surface area contributed by atoms with Crippen molar-refractivity contribution < 1.29 is 8.42 Å². The smallest absolute Gasteiger partial charge is 0.219 e. The molecule has 5 heteroatoms. The van der Waals surface area contributed by atoms with E-state index in [-0.39, 0.29) is 6.04 Å². The van der Waals surface area contributed by atoms with Crippen molar-refractivity contribution >= 4 is 10.0 Å². The molecule has 1 aliphatic carbocycles. The number of sulfonamides is 1. The zero-order chi connectivity index (χ0) is 10.7. The molecule has 2 saturated heterocycles. The van der Waals surface area contributed by atoms with E-state index in [4.69, 9.17) is 0 Å². The quantitative estimate of drug-likeness (QED) is 0.735. The van der Waals surface area contributed by atoms with Crippen LogP contribution >= 0.6 is 0 Å². The van der Waals surface area contributed by atoms with Gasteiger partial charge < -0.3 is 5.32 Å². The standard InChI is InChI=1S/C10H18N2O2S/c1-10(3-4-10)15(13,14)12-5-2-8-6-11-7-9(8)12/h8-9,11H,2-7H2,1H3/t8-,9+/m1/s1. The predicted molar refractivity (Wildman–Crippen MR) is 58.0 cm³/mol. The fraction of sp³-hybridized carbons (Fsp3) is 1.00. The summed E-state index contributed by atoms with van der Waals surface area (Å²) in [7, 11) is -3.03. The van der Waals surface area contributed by atoms with Crippen LogP contribution in [0.3, 0.4) is 0 Å². The van der Waals surface area contributed by atoms with E-state index in [1.807, 2.05) is 6.92 Å². The molecule has 1 N–H and O–H groups in total. The minimum atomic E-state index is -3.03. The molecule has 0 amide bonds. The largest absolute Gasteiger partial charge is 0.315 e. The lowest BCUT2D eigenvalue weighted by Gasteiger charge is -2.26. The van der Waals surface area contributed by atoms with Crippen molar-refractivity contribution in [3.05, 3.63) is 0 Å². The van der Waals surface area contributed by atoms with Gasteiger partial charge in [0.2, 0.25) is 10.0 Å². The maximum atomic E-state index is 12.4. The number of fused-ring (bicyclic) bond motifs is 1. The molecule has 15 heavy (non-hydrogen) atoms. The predicted octanol–water partition coefficient (Wildman–Crippen LogP) is 0.162. The topological polar surface area (TPSA) is 49.4 Å². The molecular formula is C10H18N2O2S. The number of hydrogen-bond acceptors (Lipinski definition) is 3. The second-order valence-electron chi connectivity index (χ2n) is 5.34. The first-order valence-electron chi connectivity index (χ1n) is 5.77. The molecule has 2 aliphatic heterocycles. The van der Waals surface area contributed by atoms with Gasteiger partial charge in [-0.2, -0.15) is 4.31 Å². The van der Waals surface area contributed by atoms with Crippen molar-refractivity contribution in [2.75, 3.05) is 19.6 Å². The first-order valence-corrected chi connectivity index (χ1v) is 7.21. The highest BCUT2D eigenvalue weighted by atomic mass is 32.2. The maximum absolute atomic E-state index is 12.4. The average molecular weight is 230 g/mol. The van der Waals surface area contributed by atoms with Gasteiger partial charge in [-0.15, -0.1) is 0 Å². The van der Waals surface area contributed by atoms with Gasteiger partial charge in [-0.05, 0) is 38.6 Å². The SMILES string of the molecule is CC1(S(=O)(=O)N2CC[C@@H]3CNC[C@@H]32)CC1. The summed E-state index contributed by atoms with van der Waals surface area (Å²) in [6, 6.07) is 0.243. The van der Waals surface area contributed by atoms with Crippen molar-refractivity contribution in [3.63, 3.8) is 0 Å². The summed E-state index contributed by atoms with van der Waals surface area (Å²) in [5, 5.41) is 3.29. The highest BCUT2D eigenvalue weighted by Crippen LogP contribution is 2.47. The molecule has 0 aromatic heterocycles. The molecule has 0 aromatic carbocycles. The van der Waals surface area contributed by atoms with Gasteiger partial charge in [0.1, 0.15) is 0 Å². The fourth-order valence-corrected chi connectivity index (χ4v) is 4.96. The molecule has 2 atom stereocenters. The van der Waals surface area contributed by atoms with Crippen LogP contribution in [0, 0.1) is 5.92 Å². The van der Waals surface area contributed by atoms with Crippen molar-refractivity contribution in [3.8, 4) is 0 Å². The summed E-state index contributed by atoms with van der Waals surface area (Å²) < 4.78 is 26.1.